The summed E-state index contributed by atoms with van der Waals surface area (Å²) < 4.78 is 74.6. The van der Waals surface area contributed by atoms with Crippen LogP contribution in [0.4, 0.5) is 13.2 Å². The maximum absolute atomic E-state index is 13.3. The molecule has 0 spiro atoms. The number of hydrogen-bond donors (Lipinski definition) is 0. The molecule has 0 fully saturated rings. The summed E-state index contributed by atoms with van der Waals surface area (Å²) in [6, 6.07) is 39.4. The molecule has 8 rings (SSSR count). The van der Waals surface area contributed by atoms with Crippen LogP contribution in [-0.2, 0) is 10.1 Å². The molecule has 0 unspecified atom stereocenters. The van der Waals surface area contributed by atoms with E-state index in [0.717, 1.165) is 68.3 Å². The van der Waals surface area contributed by atoms with Crippen LogP contribution in [0.25, 0.3) is 71.5 Å². The van der Waals surface area contributed by atoms with Crippen molar-refractivity contribution in [1.29, 1.82) is 0 Å². The van der Waals surface area contributed by atoms with Crippen molar-refractivity contribution in [2.75, 3.05) is 0 Å². The fourth-order valence-corrected chi connectivity index (χ4v) is 7.22. The summed E-state index contributed by atoms with van der Waals surface area (Å²) >= 11 is 0. The van der Waals surface area contributed by atoms with Gasteiger partial charge in [-0.15, -0.1) is 0 Å². The number of fused-ring (bicyclic) bond motifs is 3. The van der Waals surface area contributed by atoms with E-state index in [1.807, 2.05) is 85.0 Å². The summed E-state index contributed by atoms with van der Waals surface area (Å²) in [5, 5.41) is 4.90. The van der Waals surface area contributed by atoms with E-state index in [-0.39, 0.29) is 5.58 Å². The quantitative estimate of drug-likeness (QED) is 0.100. The average molecular weight is 673 g/mol. The van der Waals surface area contributed by atoms with Gasteiger partial charge >= 0.3 is 15.6 Å². The van der Waals surface area contributed by atoms with Crippen molar-refractivity contribution in [1.82, 2.24) is 0 Å². The Morgan fingerprint density at radius 2 is 1.08 bits per heavy atom. The third kappa shape index (κ3) is 5.29. The summed E-state index contributed by atoms with van der Waals surface area (Å²) in [6.07, 6.45) is 7.49. The van der Waals surface area contributed by atoms with Gasteiger partial charge in [0.1, 0.15) is 5.76 Å². The summed E-state index contributed by atoms with van der Waals surface area (Å²) in [7, 11) is -5.92. The Labute approximate surface area is 280 Å². The van der Waals surface area contributed by atoms with Crippen LogP contribution in [0.5, 0.6) is 5.75 Å². The van der Waals surface area contributed by atoms with Crippen molar-refractivity contribution in [3.8, 4) is 39.1 Å². The van der Waals surface area contributed by atoms with Gasteiger partial charge in [0.25, 0.3) is 0 Å². The van der Waals surface area contributed by atoms with Crippen molar-refractivity contribution in [3.63, 3.8) is 0 Å². The topological polar surface area (TPSA) is 56.5 Å². The zero-order chi connectivity index (χ0) is 33.8. The second-order valence-electron chi connectivity index (χ2n) is 11.8. The molecule has 6 aromatic carbocycles. The molecule has 0 atom stereocenters. The molecular formula is C41H27F3O4S. The molecule has 8 heteroatoms. The Hall–Kier alpha value is -5.60. The predicted octanol–water partition coefficient (Wildman–Crippen LogP) is 11.7. The smallest absolute Gasteiger partial charge is 0.451 e. The molecule has 0 amide bonds. The number of hydrogen-bond acceptors (Lipinski definition) is 4. The number of benzene rings is 6. The second-order valence-corrected chi connectivity index (χ2v) is 13.4. The number of alkyl halides is 3. The van der Waals surface area contributed by atoms with Gasteiger partial charge in [-0.1, -0.05) is 133 Å². The van der Waals surface area contributed by atoms with E-state index in [2.05, 4.69) is 40.6 Å². The molecule has 242 valence electrons. The number of halogens is 3. The lowest BCUT2D eigenvalue weighted by atomic mass is 9.85. The fourth-order valence-electron chi connectivity index (χ4n) is 6.75. The molecule has 0 saturated carbocycles. The van der Waals surface area contributed by atoms with Gasteiger partial charge in [0.05, 0.1) is 0 Å². The van der Waals surface area contributed by atoms with E-state index in [4.69, 9.17) is 4.42 Å². The van der Waals surface area contributed by atoms with Crippen molar-refractivity contribution < 1.29 is 30.2 Å². The third-order valence-electron chi connectivity index (χ3n) is 8.88. The molecule has 4 nitrogen and oxygen atoms in total. The highest BCUT2D eigenvalue weighted by Gasteiger charge is 2.49. The van der Waals surface area contributed by atoms with Gasteiger partial charge in [-0.25, -0.2) is 0 Å². The van der Waals surface area contributed by atoms with Gasteiger partial charge in [-0.05, 0) is 68.3 Å². The number of para-hydroxylation sites is 1. The van der Waals surface area contributed by atoms with Crippen LogP contribution in [0.2, 0.25) is 0 Å². The second kappa shape index (κ2) is 11.8. The van der Waals surface area contributed by atoms with Gasteiger partial charge in [0.2, 0.25) is 0 Å². The standard InChI is InChI=1S/C41H27F3O4S/c42-41(43,44)49(45,46)48-35-21-11-20-34-38(39(47-40(34)35)29-14-5-2-6-15-29)28-24-22-27(23-25-28)37-32-18-9-7-16-30(32)36(26-12-3-1-4-13-26)31-17-8-10-19-33(31)37/h1,3-5,7-25H,2,6H2. The number of furan rings is 1. The van der Waals surface area contributed by atoms with Crippen molar-refractivity contribution in [2.45, 2.75) is 18.3 Å². The zero-order valence-electron chi connectivity index (χ0n) is 25.9. The van der Waals surface area contributed by atoms with E-state index < -0.39 is 21.4 Å². The largest absolute Gasteiger partial charge is 0.534 e. The van der Waals surface area contributed by atoms with Gasteiger partial charge in [-0.3, -0.25) is 0 Å². The zero-order valence-corrected chi connectivity index (χ0v) is 26.7. The molecule has 1 aliphatic carbocycles. The number of rotatable bonds is 6. The van der Waals surface area contributed by atoms with Crippen molar-refractivity contribution >= 4 is 48.2 Å². The lowest BCUT2D eigenvalue weighted by molar-refractivity contribution is -0.0499. The Morgan fingerprint density at radius 3 is 1.61 bits per heavy atom. The molecular weight excluding hydrogens is 646 g/mol. The SMILES string of the molecule is O=S(=O)(Oc1cccc2c(-c3ccc(-c4c5ccccc5c(-c5ccccc5)c5ccccc45)cc3)c(C3=CCCC=C3)oc12)C(F)(F)F. The molecule has 1 aliphatic rings. The molecule has 1 aromatic heterocycles. The van der Waals surface area contributed by atoms with E-state index >= 15 is 0 Å². The highest BCUT2D eigenvalue weighted by molar-refractivity contribution is 7.88. The first kappa shape index (κ1) is 30.7. The van der Waals surface area contributed by atoms with Gasteiger partial charge in [-0.2, -0.15) is 21.6 Å². The minimum atomic E-state index is -5.92. The van der Waals surface area contributed by atoms with Crippen LogP contribution >= 0.6 is 0 Å². The minimum Gasteiger partial charge on any atom is -0.451 e. The average Bonchev–Trinajstić information content (AvgIpc) is 3.51. The molecule has 49 heavy (non-hydrogen) atoms. The van der Waals surface area contributed by atoms with E-state index in [1.54, 1.807) is 6.07 Å². The van der Waals surface area contributed by atoms with Crippen LogP contribution in [0, 0.1) is 0 Å². The van der Waals surface area contributed by atoms with E-state index in [9.17, 15) is 21.6 Å². The maximum atomic E-state index is 13.3. The molecule has 0 bridgehead atoms. The van der Waals surface area contributed by atoms with Crippen LogP contribution in [-0.4, -0.2) is 13.9 Å². The summed E-state index contributed by atoms with van der Waals surface area (Å²) in [5.41, 5.74) is 0.826. The van der Waals surface area contributed by atoms with Gasteiger partial charge < -0.3 is 8.60 Å². The van der Waals surface area contributed by atoms with Crippen LogP contribution < -0.4 is 4.18 Å². The predicted molar refractivity (Wildman–Crippen MR) is 189 cm³/mol. The normalized spacial score (nSPS) is 13.7. The first-order chi connectivity index (χ1) is 23.7. The summed E-state index contributed by atoms with van der Waals surface area (Å²) in [6.45, 7) is 0. The van der Waals surface area contributed by atoms with Gasteiger partial charge in [0.15, 0.2) is 11.3 Å². The molecule has 0 aliphatic heterocycles. The third-order valence-corrected chi connectivity index (χ3v) is 9.84. The van der Waals surface area contributed by atoms with Gasteiger partial charge in [0, 0.05) is 16.5 Å². The Balaban J connectivity index is 1.32. The molecule has 1 heterocycles. The highest BCUT2D eigenvalue weighted by Crippen LogP contribution is 2.46. The molecule has 0 saturated heterocycles. The first-order valence-electron chi connectivity index (χ1n) is 15.7. The Kier molecular flexibility index (Phi) is 7.41. The molecule has 0 radical (unpaired) electrons. The van der Waals surface area contributed by atoms with Crippen LogP contribution in [0.3, 0.4) is 0 Å². The molecule has 7 aromatic rings. The van der Waals surface area contributed by atoms with Crippen LogP contribution in [0.1, 0.15) is 18.6 Å². The summed E-state index contributed by atoms with van der Waals surface area (Å²) in [5.74, 6) is -0.113. The fraction of sp³-hybridized carbons (Fsp3) is 0.0732. The summed E-state index contributed by atoms with van der Waals surface area (Å²) in [4.78, 5) is 0. The van der Waals surface area contributed by atoms with Crippen molar-refractivity contribution in [2.24, 2.45) is 0 Å². The van der Waals surface area contributed by atoms with E-state index in [0.29, 0.717) is 16.7 Å². The lowest BCUT2D eigenvalue weighted by Gasteiger charge is -2.18. The molecule has 0 N–H and O–H groups in total. The lowest BCUT2D eigenvalue weighted by Crippen LogP contribution is -2.28. The maximum Gasteiger partial charge on any atom is 0.534 e. The van der Waals surface area contributed by atoms with Crippen molar-refractivity contribution in [3.05, 3.63) is 145 Å². The minimum absolute atomic E-state index is 0.0854. The number of allylic oxidation sites excluding steroid dienone is 4. The highest BCUT2D eigenvalue weighted by atomic mass is 32.2. The van der Waals surface area contributed by atoms with Crippen LogP contribution in [0.15, 0.2) is 144 Å². The first-order valence-corrected chi connectivity index (χ1v) is 17.1. The Morgan fingerprint density at radius 1 is 0.571 bits per heavy atom. The Bertz CT molecular complexity index is 2510. The van der Waals surface area contributed by atoms with E-state index in [1.165, 1.54) is 11.6 Å². The monoisotopic (exact) mass is 672 g/mol.